The lowest BCUT2D eigenvalue weighted by Crippen LogP contribution is -2.38. The molecule has 0 spiro atoms. The lowest BCUT2D eigenvalue weighted by molar-refractivity contribution is -0.138. The van der Waals surface area contributed by atoms with Gasteiger partial charge in [0.2, 0.25) is 0 Å². The molecule has 1 N–H and O–H groups in total. The number of Topliss-reactive ketones (excluding diaryl/α,β-unsaturated/α-hetero) is 1. The van der Waals surface area contributed by atoms with Gasteiger partial charge in [0, 0.05) is 12.5 Å². The molecule has 0 heterocycles. The van der Waals surface area contributed by atoms with Crippen LogP contribution in [0.3, 0.4) is 0 Å². The number of halogens is 8. The van der Waals surface area contributed by atoms with Crippen LogP contribution in [0.15, 0.2) is 42.5 Å². The van der Waals surface area contributed by atoms with E-state index in [2.05, 4.69) is 5.32 Å². The molecule has 2 aromatic carbocycles. The lowest BCUT2D eigenvalue weighted by Gasteiger charge is -2.22. The smallest absolute Gasteiger partial charge is 0.343 e. The second-order valence-electron chi connectivity index (χ2n) is 7.69. The van der Waals surface area contributed by atoms with Crippen LogP contribution in [0.5, 0.6) is 0 Å². The van der Waals surface area contributed by atoms with E-state index in [0.717, 1.165) is 19.1 Å². The number of benzene rings is 2. The van der Waals surface area contributed by atoms with Crippen LogP contribution in [0, 0.1) is 0 Å². The Morgan fingerprint density at radius 1 is 1.00 bits per heavy atom. The van der Waals surface area contributed by atoms with Crippen molar-refractivity contribution in [3.8, 4) is 0 Å². The number of amides is 1. The summed E-state index contributed by atoms with van der Waals surface area (Å²) in [5.41, 5.74) is -3.12. The maximum absolute atomic E-state index is 15.0. The summed E-state index contributed by atoms with van der Waals surface area (Å²) in [6.07, 6.45) is -4.59. The van der Waals surface area contributed by atoms with E-state index >= 15 is 0 Å². The highest BCUT2D eigenvalue weighted by Crippen LogP contribution is 2.40. The van der Waals surface area contributed by atoms with Gasteiger partial charge >= 0.3 is 6.18 Å². The molecule has 2 aromatic rings. The highest BCUT2D eigenvalue weighted by molar-refractivity contribution is 6.42. The van der Waals surface area contributed by atoms with Crippen molar-refractivity contribution in [2.45, 2.75) is 44.8 Å². The predicted molar refractivity (Wildman–Crippen MR) is 118 cm³/mol. The molecule has 1 amide bonds. The number of carbonyl (C=O) groups is 2. The zero-order valence-electron chi connectivity index (χ0n) is 18.0. The van der Waals surface area contributed by atoms with Gasteiger partial charge in [-0.1, -0.05) is 35.3 Å². The third-order valence-electron chi connectivity index (χ3n) is 4.96. The summed E-state index contributed by atoms with van der Waals surface area (Å²) >= 11 is 11.6. The Kier molecular flexibility index (Phi) is 8.48. The first-order chi connectivity index (χ1) is 15.5. The van der Waals surface area contributed by atoms with E-state index in [0.29, 0.717) is 25.1 Å². The van der Waals surface area contributed by atoms with Crippen molar-refractivity contribution in [3.63, 3.8) is 0 Å². The summed E-state index contributed by atoms with van der Waals surface area (Å²) < 4.78 is 84.3. The number of hydrogen-bond acceptors (Lipinski definition) is 2. The van der Waals surface area contributed by atoms with Crippen molar-refractivity contribution in [3.05, 3.63) is 74.8 Å². The van der Waals surface area contributed by atoms with Crippen LogP contribution in [0.4, 0.5) is 26.3 Å². The maximum atomic E-state index is 15.0. The van der Waals surface area contributed by atoms with Crippen molar-refractivity contribution in [2.75, 3.05) is 0 Å². The molecule has 184 valence electrons. The van der Waals surface area contributed by atoms with Gasteiger partial charge in [0.25, 0.3) is 11.8 Å². The minimum atomic E-state index is -5.07. The van der Waals surface area contributed by atoms with Crippen LogP contribution in [-0.2, 0) is 11.0 Å². The number of carbonyl (C=O) groups excluding carboxylic acids is 2. The molecule has 0 aliphatic heterocycles. The molecule has 0 fully saturated rings. The van der Waals surface area contributed by atoms with Crippen LogP contribution in [0.25, 0.3) is 5.83 Å². The lowest BCUT2D eigenvalue weighted by atomic mass is 9.91. The largest absolute Gasteiger partial charge is 0.417 e. The molecule has 34 heavy (non-hydrogen) atoms. The highest BCUT2D eigenvalue weighted by atomic mass is 35.5. The molecule has 0 aromatic heterocycles. The van der Waals surface area contributed by atoms with Crippen molar-refractivity contribution >= 4 is 40.7 Å². The third-order valence-corrected chi connectivity index (χ3v) is 5.70. The van der Waals surface area contributed by atoms with Crippen molar-refractivity contribution in [1.82, 2.24) is 5.32 Å². The molecular formula is C23H19Cl2F6NO2. The SMILES string of the molecule is CC(=O)[C@@H](C)NC(=O)c1ccc(/C(F)=C/C(c2ccc(Cl)c(Cl)c2)C(C)(F)F)cc1C(F)(F)F. The Labute approximate surface area is 201 Å². The van der Waals surface area contributed by atoms with E-state index in [1.165, 1.54) is 19.1 Å². The van der Waals surface area contributed by atoms with Gasteiger partial charge in [-0.3, -0.25) is 9.59 Å². The standard InChI is InChI=1S/C23H19Cl2F6NO2/c1-11(12(2)33)32-21(34)15-6-4-14(8-17(15)23(29,30)31)20(26)10-16(22(3,27)28)13-5-7-18(24)19(25)9-13/h4-11,16H,1-3H3,(H,32,34)/b20-10-/t11-,16?/m1/s1. The molecule has 2 rings (SSSR count). The second kappa shape index (κ2) is 10.4. The third kappa shape index (κ3) is 6.76. The van der Waals surface area contributed by atoms with E-state index < -0.39 is 58.3 Å². The van der Waals surface area contributed by atoms with Gasteiger partial charge in [-0.15, -0.1) is 0 Å². The first-order valence-electron chi connectivity index (χ1n) is 9.75. The summed E-state index contributed by atoms with van der Waals surface area (Å²) in [6.45, 7) is 2.96. The van der Waals surface area contributed by atoms with Crippen LogP contribution in [0.1, 0.15) is 53.7 Å². The molecular weight excluding hydrogens is 507 g/mol. The van der Waals surface area contributed by atoms with Crippen LogP contribution < -0.4 is 5.32 Å². The quantitative estimate of drug-likeness (QED) is 0.381. The van der Waals surface area contributed by atoms with E-state index in [-0.39, 0.29) is 15.6 Å². The molecule has 0 bridgehead atoms. The Morgan fingerprint density at radius 2 is 1.62 bits per heavy atom. The minimum Gasteiger partial charge on any atom is -0.343 e. The number of nitrogens with one attached hydrogen (secondary N) is 1. The number of hydrogen-bond donors (Lipinski definition) is 1. The Hall–Kier alpha value is -2.52. The first-order valence-corrected chi connectivity index (χ1v) is 10.5. The van der Waals surface area contributed by atoms with E-state index in [1.807, 2.05) is 0 Å². The van der Waals surface area contributed by atoms with Gasteiger partial charge in [-0.2, -0.15) is 13.2 Å². The Balaban J connectivity index is 2.55. The van der Waals surface area contributed by atoms with Gasteiger partial charge in [0.1, 0.15) is 5.83 Å². The Morgan fingerprint density at radius 3 is 2.12 bits per heavy atom. The topological polar surface area (TPSA) is 46.2 Å². The monoisotopic (exact) mass is 525 g/mol. The van der Waals surface area contributed by atoms with Gasteiger partial charge in [0.05, 0.1) is 33.1 Å². The zero-order valence-corrected chi connectivity index (χ0v) is 19.5. The van der Waals surface area contributed by atoms with Crippen molar-refractivity contribution in [1.29, 1.82) is 0 Å². The molecule has 11 heteroatoms. The van der Waals surface area contributed by atoms with Crippen LogP contribution in [0.2, 0.25) is 10.0 Å². The first kappa shape index (κ1) is 27.7. The fourth-order valence-electron chi connectivity index (χ4n) is 2.98. The molecule has 3 nitrogen and oxygen atoms in total. The van der Waals surface area contributed by atoms with Crippen molar-refractivity contribution in [2.24, 2.45) is 0 Å². The average molecular weight is 526 g/mol. The number of alkyl halides is 5. The van der Waals surface area contributed by atoms with Gasteiger partial charge in [-0.25, -0.2) is 13.2 Å². The summed E-state index contributed by atoms with van der Waals surface area (Å²) in [5.74, 6) is -8.44. The normalized spacial score (nSPS) is 14.5. The fourth-order valence-corrected chi connectivity index (χ4v) is 3.29. The molecule has 2 atom stereocenters. The molecule has 1 unspecified atom stereocenters. The fraction of sp³-hybridized carbons (Fsp3) is 0.304. The zero-order chi connectivity index (χ0) is 26.0. The van der Waals surface area contributed by atoms with Crippen molar-refractivity contribution < 1.29 is 35.9 Å². The summed E-state index contributed by atoms with van der Waals surface area (Å²) in [5, 5.41) is 2.14. The van der Waals surface area contributed by atoms with Gasteiger partial charge < -0.3 is 5.32 Å². The van der Waals surface area contributed by atoms with E-state index in [9.17, 15) is 35.9 Å². The predicted octanol–water partition coefficient (Wildman–Crippen LogP) is 7.47. The molecule has 0 aliphatic rings. The van der Waals surface area contributed by atoms with E-state index in [1.54, 1.807) is 0 Å². The number of allylic oxidation sites excluding steroid dienone is 1. The summed E-state index contributed by atoms with van der Waals surface area (Å²) in [7, 11) is 0. The second-order valence-corrected chi connectivity index (χ2v) is 8.50. The number of rotatable bonds is 7. The highest BCUT2D eigenvalue weighted by Gasteiger charge is 2.37. The van der Waals surface area contributed by atoms with E-state index in [4.69, 9.17) is 23.2 Å². The summed E-state index contributed by atoms with van der Waals surface area (Å²) in [6, 6.07) is 4.41. The van der Waals surface area contributed by atoms with Crippen LogP contribution in [-0.4, -0.2) is 23.7 Å². The van der Waals surface area contributed by atoms with Crippen LogP contribution >= 0.6 is 23.2 Å². The maximum Gasteiger partial charge on any atom is 0.417 e. The van der Waals surface area contributed by atoms with Gasteiger partial charge in [-0.05, 0) is 49.8 Å². The molecule has 0 aliphatic carbocycles. The van der Waals surface area contributed by atoms with Gasteiger partial charge in [0.15, 0.2) is 5.78 Å². The molecule has 0 radical (unpaired) electrons. The number of ketones is 1. The summed E-state index contributed by atoms with van der Waals surface area (Å²) in [4.78, 5) is 23.6. The molecule has 0 saturated carbocycles. The average Bonchev–Trinajstić information content (AvgIpc) is 2.71. The molecule has 0 saturated heterocycles. The Bertz CT molecular complexity index is 1130. The minimum absolute atomic E-state index is 0.0586.